The van der Waals surface area contributed by atoms with Gasteiger partial charge in [-0.1, -0.05) is 17.4 Å². The van der Waals surface area contributed by atoms with Crippen molar-refractivity contribution in [3.63, 3.8) is 0 Å². The third kappa shape index (κ3) is 2.47. The van der Waals surface area contributed by atoms with E-state index in [0.29, 0.717) is 0 Å². The molecule has 2 aromatic carbocycles. The average Bonchev–Trinajstić information content (AvgIpc) is 3.08. The Labute approximate surface area is 140 Å². The average molecular weight is 344 g/mol. The van der Waals surface area contributed by atoms with Crippen LogP contribution in [-0.4, -0.2) is 16.2 Å². The maximum atomic E-state index is 4.74. The van der Waals surface area contributed by atoms with Gasteiger partial charge in [-0.3, -0.25) is 0 Å². The smallest absolute Gasteiger partial charge is 0.188 e. The van der Waals surface area contributed by atoms with Gasteiger partial charge in [0, 0.05) is 10.6 Å². The Balaban J connectivity index is 1.72. The highest BCUT2D eigenvalue weighted by atomic mass is 32.2. The lowest BCUT2D eigenvalue weighted by molar-refractivity contribution is 1.35. The third-order valence-corrected chi connectivity index (χ3v) is 5.99. The molecule has 1 N–H and O–H groups in total. The fourth-order valence-corrected chi connectivity index (χ4v) is 4.79. The second-order valence-corrected chi connectivity index (χ2v) is 7.98. The van der Waals surface area contributed by atoms with Crippen LogP contribution in [0.2, 0.25) is 0 Å². The topological polar surface area (TPSA) is 37.8 Å². The largest absolute Gasteiger partial charge is 0.331 e. The first-order chi connectivity index (χ1) is 10.7. The minimum Gasteiger partial charge on any atom is -0.331 e. The Bertz CT molecular complexity index is 971. The zero-order valence-electron chi connectivity index (χ0n) is 12.1. The van der Waals surface area contributed by atoms with E-state index in [-0.39, 0.29) is 0 Å². The highest BCUT2D eigenvalue weighted by molar-refractivity contribution is 7.98. The third-order valence-electron chi connectivity index (χ3n) is 3.35. The first-order valence-corrected chi connectivity index (χ1v) is 9.66. The first-order valence-electron chi connectivity index (χ1n) is 6.81. The van der Waals surface area contributed by atoms with Gasteiger partial charge in [-0.15, -0.1) is 23.1 Å². The first kappa shape index (κ1) is 14.0. The zero-order valence-corrected chi connectivity index (χ0v) is 14.5. The van der Waals surface area contributed by atoms with E-state index in [1.54, 1.807) is 34.4 Å². The van der Waals surface area contributed by atoms with Gasteiger partial charge in [-0.2, -0.15) is 0 Å². The standard InChI is InChI=1S/C16H13N3S3/c1-9-17-11-7-6-10(8-14(11)21-9)18-16-19-15-12(20-2)4-3-5-13(15)22-16/h3-8H,1-2H3,(H,18,19). The van der Waals surface area contributed by atoms with Gasteiger partial charge < -0.3 is 5.32 Å². The number of nitrogens with zero attached hydrogens (tertiary/aromatic N) is 2. The number of benzene rings is 2. The molecule has 3 nitrogen and oxygen atoms in total. The SMILES string of the molecule is CSc1cccc2sc(Nc3ccc4nc(C)sc4c3)nc12. The van der Waals surface area contributed by atoms with E-state index in [1.165, 1.54) is 14.3 Å². The van der Waals surface area contributed by atoms with Gasteiger partial charge >= 0.3 is 0 Å². The minimum atomic E-state index is 0.928. The Morgan fingerprint density at radius 2 is 1.95 bits per heavy atom. The van der Waals surface area contributed by atoms with Crippen LogP contribution in [0.5, 0.6) is 0 Å². The summed E-state index contributed by atoms with van der Waals surface area (Å²) in [5.74, 6) is 0. The predicted octanol–water partition coefficient (Wildman–Crippen LogP) is 5.68. The predicted molar refractivity (Wildman–Crippen MR) is 99.0 cm³/mol. The number of para-hydroxylation sites is 1. The molecule has 0 bridgehead atoms. The molecule has 110 valence electrons. The van der Waals surface area contributed by atoms with Crippen LogP contribution in [0.15, 0.2) is 41.3 Å². The second-order valence-electron chi connectivity index (χ2n) is 4.87. The summed E-state index contributed by atoms with van der Waals surface area (Å²) in [6.45, 7) is 2.04. The number of aryl methyl sites for hydroxylation is 1. The Morgan fingerprint density at radius 3 is 2.82 bits per heavy atom. The molecule has 0 fully saturated rings. The van der Waals surface area contributed by atoms with Crippen molar-refractivity contribution in [2.45, 2.75) is 11.8 Å². The normalized spacial score (nSPS) is 11.4. The Kier molecular flexibility index (Phi) is 3.52. The van der Waals surface area contributed by atoms with E-state index in [2.05, 4.69) is 53.0 Å². The van der Waals surface area contributed by atoms with Crippen molar-refractivity contribution in [3.05, 3.63) is 41.4 Å². The van der Waals surface area contributed by atoms with E-state index in [1.807, 2.05) is 6.92 Å². The van der Waals surface area contributed by atoms with Crippen molar-refractivity contribution in [2.75, 3.05) is 11.6 Å². The summed E-state index contributed by atoms with van der Waals surface area (Å²) in [4.78, 5) is 10.5. The van der Waals surface area contributed by atoms with Crippen LogP contribution in [0.4, 0.5) is 10.8 Å². The van der Waals surface area contributed by atoms with E-state index in [0.717, 1.165) is 26.9 Å². The molecule has 0 aliphatic carbocycles. The molecule has 4 rings (SSSR count). The number of hydrogen-bond acceptors (Lipinski definition) is 6. The van der Waals surface area contributed by atoms with Crippen molar-refractivity contribution in [1.82, 2.24) is 9.97 Å². The number of hydrogen-bond donors (Lipinski definition) is 1. The molecule has 0 atom stereocenters. The molecule has 22 heavy (non-hydrogen) atoms. The van der Waals surface area contributed by atoms with Crippen molar-refractivity contribution in [3.8, 4) is 0 Å². The molecular weight excluding hydrogens is 330 g/mol. The molecule has 4 aromatic rings. The van der Waals surface area contributed by atoms with Gasteiger partial charge in [0.05, 0.1) is 25.4 Å². The van der Waals surface area contributed by atoms with Gasteiger partial charge in [0.2, 0.25) is 0 Å². The van der Waals surface area contributed by atoms with Crippen LogP contribution < -0.4 is 5.32 Å². The van der Waals surface area contributed by atoms with Crippen LogP contribution in [0.1, 0.15) is 5.01 Å². The van der Waals surface area contributed by atoms with Gasteiger partial charge in [0.25, 0.3) is 0 Å². The maximum absolute atomic E-state index is 4.74. The van der Waals surface area contributed by atoms with Crippen LogP contribution in [0.25, 0.3) is 20.4 Å². The summed E-state index contributed by atoms with van der Waals surface area (Å²) in [5.41, 5.74) is 3.19. The monoisotopic (exact) mass is 343 g/mol. The van der Waals surface area contributed by atoms with Crippen LogP contribution >= 0.6 is 34.4 Å². The molecule has 0 aliphatic heterocycles. The zero-order chi connectivity index (χ0) is 15.1. The number of rotatable bonds is 3. The number of nitrogens with one attached hydrogen (secondary N) is 1. The van der Waals surface area contributed by atoms with E-state index in [9.17, 15) is 0 Å². The minimum absolute atomic E-state index is 0.928. The van der Waals surface area contributed by atoms with Gasteiger partial charge in [-0.05, 0) is 43.5 Å². The molecule has 2 aromatic heterocycles. The number of thioether (sulfide) groups is 1. The molecule has 0 spiro atoms. The molecule has 0 amide bonds. The lowest BCUT2D eigenvalue weighted by Crippen LogP contribution is -1.88. The molecule has 0 unspecified atom stereocenters. The van der Waals surface area contributed by atoms with Gasteiger partial charge in [0.1, 0.15) is 0 Å². The van der Waals surface area contributed by atoms with E-state index in [4.69, 9.17) is 4.98 Å². The van der Waals surface area contributed by atoms with Crippen molar-refractivity contribution >= 4 is 65.7 Å². The molecule has 0 aliphatic rings. The molecule has 0 saturated carbocycles. The second kappa shape index (κ2) is 5.53. The highest BCUT2D eigenvalue weighted by Gasteiger charge is 2.08. The van der Waals surface area contributed by atoms with Crippen LogP contribution in [-0.2, 0) is 0 Å². The van der Waals surface area contributed by atoms with Gasteiger partial charge in [0.15, 0.2) is 5.13 Å². The molecular formula is C16H13N3S3. The lowest BCUT2D eigenvalue weighted by atomic mass is 10.3. The maximum Gasteiger partial charge on any atom is 0.188 e. The summed E-state index contributed by atoms with van der Waals surface area (Å²) in [6, 6.07) is 12.6. The van der Waals surface area contributed by atoms with Crippen molar-refractivity contribution < 1.29 is 0 Å². The molecule has 6 heteroatoms. The van der Waals surface area contributed by atoms with E-state index < -0.39 is 0 Å². The molecule has 0 radical (unpaired) electrons. The fourth-order valence-electron chi connectivity index (χ4n) is 2.38. The van der Waals surface area contributed by atoms with Crippen LogP contribution in [0.3, 0.4) is 0 Å². The fraction of sp³-hybridized carbons (Fsp3) is 0.125. The van der Waals surface area contributed by atoms with Crippen molar-refractivity contribution in [2.24, 2.45) is 0 Å². The summed E-state index contributed by atoms with van der Waals surface area (Å²) in [5, 5.41) is 5.45. The van der Waals surface area contributed by atoms with Crippen molar-refractivity contribution in [1.29, 1.82) is 0 Å². The van der Waals surface area contributed by atoms with Gasteiger partial charge in [-0.25, -0.2) is 9.97 Å². The summed E-state index contributed by atoms with van der Waals surface area (Å²) >= 11 is 5.13. The number of anilines is 2. The Hall–Kier alpha value is -1.63. The molecule has 2 heterocycles. The highest BCUT2D eigenvalue weighted by Crippen LogP contribution is 2.34. The quantitative estimate of drug-likeness (QED) is 0.486. The summed E-state index contributed by atoms with van der Waals surface area (Å²) in [7, 11) is 0. The van der Waals surface area contributed by atoms with Crippen LogP contribution in [0, 0.1) is 6.92 Å². The lowest BCUT2D eigenvalue weighted by Gasteiger charge is -2.01. The molecule has 0 saturated heterocycles. The Morgan fingerprint density at radius 1 is 1.05 bits per heavy atom. The number of fused-ring (bicyclic) bond motifs is 2. The summed E-state index contributed by atoms with van der Waals surface area (Å²) in [6.07, 6.45) is 2.08. The van der Waals surface area contributed by atoms with E-state index >= 15 is 0 Å². The number of aromatic nitrogens is 2. The number of thiazole rings is 2. The summed E-state index contributed by atoms with van der Waals surface area (Å²) < 4.78 is 2.41.